The summed E-state index contributed by atoms with van der Waals surface area (Å²) in [4.78, 5) is 31.2. The fourth-order valence-electron chi connectivity index (χ4n) is 3.97. The van der Waals surface area contributed by atoms with Crippen molar-refractivity contribution in [2.75, 3.05) is 39.8 Å². The summed E-state index contributed by atoms with van der Waals surface area (Å²) in [6.07, 6.45) is 5.08. The number of piperazine rings is 1. The van der Waals surface area contributed by atoms with Gasteiger partial charge in [0.2, 0.25) is 0 Å². The van der Waals surface area contributed by atoms with Gasteiger partial charge in [-0.25, -0.2) is 9.97 Å². The highest BCUT2D eigenvalue weighted by molar-refractivity contribution is 6.00. The lowest BCUT2D eigenvalue weighted by molar-refractivity contribution is 0.0624. The number of amides is 1. The van der Waals surface area contributed by atoms with Gasteiger partial charge in [0, 0.05) is 62.4 Å². The summed E-state index contributed by atoms with van der Waals surface area (Å²) >= 11 is 0. The van der Waals surface area contributed by atoms with Gasteiger partial charge < -0.3 is 9.64 Å². The summed E-state index contributed by atoms with van der Waals surface area (Å²) in [5, 5.41) is 0. The Hall–Kier alpha value is -3.32. The van der Waals surface area contributed by atoms with Gasteiger partial charge in [-0.05, 0) is 42.3 Å². The molecule has 3 aromatic rings. The number of carbonyl (C=O) groups excluding carboxylic acids is 1. The summed E-state index contributed by atoms with van der Waals surface area (Å²) in [5.41, 5.74) is 2.86. The highest BCUT2D eigenvalue weighted by Crippen LogP contribution is 2.26. The number of aromatic nitrogens is 3. The minimum atomic E-state index is -0.0257. The molecule has 3 heterocycles. The van der Waals surface area contributed by atoms with Crippen LogP contribution in [0, 0.1) is 5.92 Å². The van der Waals surface area contributed by atoms with Crippen molar-refractivity contribution < 1.29 is 9.53 Å². The van der Waals surface area contributed by atoms with Gasteiger partial charge in [-0.1, -0.05) is 13.8 Å². The molecule has 0 bridgehead atoms. The fourth-order valence-corrected chi connectivity index (χ4v) is 3.97. The quantitative estimate of drug-likeness (QED) is 0.594. The van der Waals surface area contributed by atoms with E-state index in [-0.39, 0.29) is 5.91 Å². The first-order valence-corrected chi connectivity index (χ1v) is 11.0. The molecule has 0 N–H and O–H groups in total. The molecule has 1 fully saturated rings. The summed E-state index contributed by atoms with van der Waals surface area (Å²) in [6.45, 7) is 8.70. The Morgan fingerprint density at radius 2 is 1.69 bits per heavy atom. The maximum absolute atomic E-state index is 13.4. The van der Waals surface area contributed by atoms with Gasteiger partial charge in [-0.2, -0.15) is 0 Å². The van der Waals surface area contributed by atoms with E-state index in [4.69, 9.17) is 9.72 Å². The predicted octanol–water partition coefficient (Wildman–Crippen LogP) is 3.63. The largest absolute Gasteiger partial charge is 0.497 e. The Kier molecular flexibility index (Phi) is 6.75. The minimum absolute atomic E-state index is 0.0257. The van der Waals surface area contributed by atoms with Crippen molar-refractivity contribution in [2.45, 2.75) is 13.8 Å². The lowest BCUT2D eigenvalue weighted by atomic mass is 10.1. The Balaban J connectivity index is 1.63. The first-order chi connectivity index (χ1) is 15.5. The van der Waals surface area contributed by atoms with Gasteiger partial charge >= 0.3 is 0 Å². The van der Waals surface area contributed by atoms with Crippen LogP contribution in [0.25, 0.3) is 22.6 Å². The third kappa shape index (κ3) is 4.94. The van der Waals surface area contributed by atoms with Crippen molar-refractivity contribution in [3.8, 4) is 28.4 Å². The number of benzene rings is 1. The zero-order chi connectivity index (χ0) is 22.5. The van der Waals surface area contributed by atoms with E-state index in [1.54, 1.807) is 25.7 Å². The number of hydrogen-bond acceptors (Lipinski definition) is 6. The molecule has 0 spiro atoms. The summed E-state index contributed by atoms with van der Waals surface area (Å²) < 4.78 is 5.24. The molecule has 0 radical (unpaired) electrons. The molecular formula is C25H29N5O2. The number of carbonyl (C=O) groups is 1. The normalized spacial score (nSPS) is 14.6. The molecular weight excluding hydrogens is 402 g/mol. The van der Waals surface area contributed by atoms with Crippen LogP contribution < -0.4 is 4.74 Å². The van der Waals surface area contributed by atoms with E-state index in [0.717, 1.165) is 36.5 Å². The van der Waals surface area contributed by atoms with E-state index in [1.165, 1.54) is 0 Å². The number of rotatable bonds is 6. The van der Waals surface area contributed by atoms with Gasteiger partial charge in [-0.15, -0.1) is 0 Å². The molecule has 1 aromatic carbocycles. The van der Waals surface area contributed by atoms with Crippen molar-refractivity contribution >= 4 is 5.91 Å². The van der Waals surface area contributed by atoms with Crippen LogP contribution in [0.4, 0.5) is 0 Å². The minimum Gasteiger partial charge on any atom is -0.497 e. The van der Waals surface area contributed by atoms with Crippen molar-refractivity contribution in [2.24, 2.45) is 5.92 Å². The number of ether oxygens (including phenoxy) is 1. The molecule has 0 atom stereocenters. The van der Waals surface area contributed by atoms with Crippen LogP contribution in [-0.4, -0.2) is 70.5 Å². The molecule has 166 valence electrons. The van der Waals surface area contributed by atoms with E-state index in [0.29, 0.717) is 36.1 Å². The van der Waals surface area contributed by atoms with Crippen LogP contribution in [0.1, 0.15) is 24.2 Å². The summed E-state index contributed by atoms with van der Waals surface area (Å²) in [5.74, 6) is 1.93. The molecule has 1 amide bonds. The van der Waals surface area contributed by atoms with E-state index >= 15 is 0 Å². The van der Waals surface area contributed by atoms with Gasteiger partial charge in [-0.3, -0.25) is 14.7 Å². The average molecular weight is 432 g/mol. The topological polar surface area (TPSA) is 71.5 Å². The van der Waals surface area contributed by atoms with Crippen molar-refractivity contribution in [3.05, 3.63) is 60.6 Å². The maximum Gasteiger partial charge on any atom is 0.257 e. The van der Waals surface area contributed by atoms with Crippen LogP contribution in [0.3, 0.4) is 0 Å². The second kappa shape index (κ2) is 9.87. The Morgan fingerprint density at radius 3 is 2.31 bits per heavy atom. The summed E-state index contributed by atoms with van der Waals surface area (Å²) in [7, 11) is 1.64. The summed E-state index contributed by atoms with van der Waals surface area (Å²) in [6, 6.07) is 11.3. The Bertz CT molecular complexity index is 1050. The zero-order valence-electron chi connectivity index (χ0n) is 18.9. The van der Waals surface area contributed by atoms with E-state index in [1.807, 2.05) is 41.3 Å². The number of methoxy groups -OCH3 is 1. The molecule has 4 rings (SSSR count). The van der Waals surface area contributed by atoms with Gasteiger partial charge in [0.25, 0.3) is 5.91 Å². The van der Waals surface area contributed by atoms with Crippen LogP contribution in [0.5, 0.6) is 5.75 Å². The standard InChI is InChI=1S/C25H29N5O2/c1-18(2)17-29-12-14-30(15-13-29)25(31)22-16-27-24(20-4-6-21(32-3)7-5-20)28-23(22)19-8-10-26-11-9-19/h4-11,16,18H,12-15,17H2,1-3H3. The first-order valence-electron chi connectivity index (χ1n) is 11.0. The molecule has 1 aliphatic rings. The van der Waals surface area contributed by atoms with Crippen LogP contribution in [0.15, 0.2) is 55.0 Å². The fraction of sp³-hybridized carbons (Fsp3) is 0.360. The molecule has 0 saturated carbocycles. The molecule has 1 saturated heterocycles. The van der Waals surface area contributed by atoms with Gasteiger partial charge in [0.05, 0.1) is 18.4 Å². The second-order valence-corrected chi connectivity index (χ2v) is 8.41. The third-order valence-corrected chi connectivity index (χ3v) is 5.60. The second-order valence-electron chi connectivity index (χ2n) is 8.41. The van der Waals surface area contributed by atoms with E-state index < -0.39 is 0 Å². The highest BCUT2D eigenvalue weighted by Gasteiger charge is 2.26. The molecule has 7 heteroatoms. The smallest absolute Gasteiger partial charge is 0.257 e. The lowest BCUT2D eigenvalue weighted by Crippen LogP contribution is -2.49. The SMILES string of the molecule is COc1ccc(-c2ncc(C(=O)N3CCN(CC(C)C)CC3)c(-c3ccncc3)n2)cc1. The van der Waals surface area contributed by atoms with Crippen molar-refractivity contribution in [1.82, 2.24) is 24.8 Å². The average Bonchev–Trinajstić information content (AvgIpc) is 2.84. The number of hydrogen-bond donors (Lipinski definition) is 0. The van der Waals surface area contributed by atoms with E-state index in [2.05, 4.69) is 28.7 Å². The Morgan fingerprint density at radius 1 is 1.00 bits per heavy atom. The zero-order valence-corrected chi connectivity index (χ0v) is 18.9. The lowest BCUT2D eigenvalue weighted by Gasteiger charge is -2.35. The van der Waals surface area contributed by atoms with Crippen molar-refractivity contribution in [1.29, 1.82) is 0 Å². The van der Waals surface area contributed by atoms with Gasteiger partial charge in [0.15, 0.2) is 5.82 Å². The third-order valence-electron chi connectivity index (χ3n) is 5.60. The van der Waals surface area contributed by atoms with Crippen LogP contribution in [0.2, 0.25) is 0 Å². The van der Waals surface area contributed by atoms with Crippen molar-refractivity contribution in [3.63, 3.8) is 0 Å². The molecule has 2 aromatic heterocycles. The first kappa shape index (κ1) is 21.9. The van der Waals surface area contributed by atoms with E-state index in [9.17, 15) is 4.79 Å². The monoisotopic (exact) mass is 431 g/mol. The molecule has 32 heavy (non-hydrogen) atoms. The number of nitrogens with zero attached hydrogens (tertiary/aromatic N) is 5. The number of pyridine rings is 1. The molecule has 0 aliphatic carbocycles. The molecule has 7 nitrogen and oxygen atoms in total. The van der Waals surface area contributed by atoms with Crippen LogP contribution in [-0.2, 0) is 0 Å². The van der Waals surface area contributed by atoms with Gasteiger partial charge in [0.1, 0.15) is 5.75 Å². The van der Waals surface area contributed by atoms with Crippen LogP contribution >= 0.6 is 0 Å². The predicted molar refractivity (Wildman–Crippen MR) is 124 cm³/mol. The maximum atomic E-state index is 13.4. The Labute approximate surface area is 189 Å². The molecule has 1 aliphatic heterocycles. The highest BCUT2D eigenvalue weighted by atomic mass is 16.5. The molecule has 0 unspecified atom stereocenters.